The van der Waals surface area contributed by atoms with Gasteiger partial charge in [0.2, 0.25) is 5.91 Å². The minimum Gasteiger partial charge on any atom is -0.338 e. The SMILES string of the molecule is O=C(N1CC=CCC1)C1(Cc2ccccc2)C=CCC=C1. The lowest BCUT2D eigenvalue weighted by Crippen LogP contribution is -2.45. The summed E-state index contributed by atoms with van der Waals surface area (Å²) >= 11 is 0. The summed E-state index contributed by atoms with van der Waals surface area (Å²) in [6.45, 7) is 1.56. The van der Waals surface area contributed by atoms with E-state index < -0.39 is 5.41 Å². The highest BCUT2D eigenvalue weighted by Crippen LogP contribution is 2.33. The van der Waals surface area contributed by atoms with E-state index in [9.17, 15) is 4.79 Å². The second-order valence-corrected chi connectivity index (χ2v) is 5.75. The molecule has 0 atom stereocenters. The van der Waals surface area contributed by atoms with Crippen molar-refractivity contribution in [1.29, 1.82) is 0 Å². The Kier molecular flexibility index (Phi) is 4.05. The van der Waals surface area contributed by atoms with Crippen molar-refractivity contribution in [3.05, 3.63) is 72.4 Å². The molecule has 1 aromatic carbocycles. The molecule has 1 amide bonds. The molecule has 0 spiro atoms. The van der Waals surface area contributed by atoms with Gasteiger partial charge in [-0.25, -0.2) is 0 Å². The third kappa shape index (κ3) is 2.99. The van der Waals surface area contributed by atoms with Gasteiger partial charge in [0.25, 0.3) is 0 Å². The number of allylic oxidation sites excluding steroid dienone is 2. The first-order valence-corrected chi connectivity index (χ1v) is 7.64. The highest BCUT2D eigenvalue weighted by atomic mass is 16.2. The lowest BCUT2D eigenvalue weighted by molar-refractivity contribution is -0.137. The molecule has 2 aliphatic rings. The normalized spacial score (nSPS) is 19.7. The third-order valence-corrected chi connectivity index (χ3v) is 4.19. The first-order chi connectivity index (χ1) is 10.3. The molecule has 108 valence electrons. The van der Waals surface area contributed by atoms with Crippen LogP contribution in [0.2, 0.25) is 0 Å². The summed E-state index contributed by atoms with van der Waals surface area (Å²) in [4.78, 5) is 15.0. The first-order valence-electron chi connectivity index (χ1n) is 7.64. The molecular weight excluding hydrogens is 258 g/mol. The van der Waals surface area contributed by atoms with E-state index in [1.807, 2.05) is 23.1 Å². The average molecular weight is 279 g/mol. The number of benzene rings is 1. The van der Waals surface area contributed by atoms with E-state index in [2.05, 4.69) is 48.6 Å². The van der Waals surface area contributed by atoms with E-state index in [4.69, 9.17) is 0 Å². The van der Waals surface area contributed by atoms with Gasteiger partial charge in [0, 0.05) is 13.1 Å². The molecule has 2 nitrogen and oxygen atoms in total. The summed E-state index contributed by atoms with van der Waals surface area (Å²) in [7, 11) is 0. The van der Waals surface area contributed by atoms with Gasteiger partial charge in [-0.2, -0.15) is 0 Å². The molecule has 0 aromatic heterocycles. The quantitative estimate of drug-likeness (QED) is 0.775. The minimum absolute atomic E-state index is 0.225. The Morgan fingerprint density at radius 1 is 1.05 bits per heavy atom. The fourth-order valence-electron chi connectivity index (χ4n) is 3.08. The lowest BCUT2D eigenvalue weighted by Gasteiger charge is -2.35. The molecule has 3 rings (SSSR count). The smallest absolute Gasteiger partial charge is 0.237 e. The van der Waals surface area contributed by atoms with E-state index in [0.717, 1.165) is 32.4 Å². The van der Waals surface area contributed by atoms with Crippen molar-refractivity contribution in [3.63, 3.8) is 0 Å². The van der Waals surface area contributed by atoms with Crippen molar-refractivity contribution >= 4 is 5.91 Å². The fraction of sp³-hybridized carbons (Fsp3) is 0.316. The van der Waals surface area contributed by atoms with Crippen molar-refractivity contribution in [2.24, 2.45) is 5.41 Å². The number of hydrogen-bond acceptors (Lipinski definition) is 1. The molecule has 0 saturated heterocycles. The van der Waals surface area contributed by atoms with Crippen LogP contribution in [0.5, 0.6) is 0 Å². The Hall–Kier alpha value is -2.09. The summed E-state index contributed by atoms with van der Waals surface area (Å²) in [5.74, 6) is 0.225. The van der Waals surface area contributed by atoms with Crippen molar-refractivity contribution in [3.8, 4) is 0 Å². The number of carbonyl (C=O) groups is 1. The Bertz CT molecular complexity index is 571. The van der Waals surface area contributed by atoms with Gasteiger partial charge in [-0.05, 0) is 24.8 Å². The zero-order chi connectivity index (χ0) is 14.5. The van der Waals surface area contributed by atoms with Crippen LogP contribution >= 0.6 is 0 Å². The number of rotatable bonds is 3. The molecule has 1 heterocycles. The van der Waals surface area contributed by atoms with Crippen molar-refractivity contribution in [2.45, 2.75) is 19.3 Å². The van der Waals surface area contributed by atoms with Gasteiger partial charge in [-0.1, -0.05) is 66.8 Å². The Morgan fingerprint density at radius 2 is 1.81 bits per heavy atom. The molecule has 0 unspecified atom stereocenters. The van der Waals surface area contributed by atoms with Gasteiger partial charge in [0.15, 0.2) is 0 Å². The molecule has 21 heavy (non-hydrogen) atoms. The summed E-state index contributed by atoms with van der Waals surface area (Å²) in [5, 5.41) is 0. The molecule has 0 saturated carbocycles. The second kappa shape index (κ2) is 6.13. The largest absolute Gasteiger partial charge is 0.338 e. The van der Waals surface area contributed by atoms with Crippen LogP contribution in [-0.4, -0.2) is 23.9 Å². The van der Waals surface area contributed by atoms with Crippen molar-refractivity contribution in [2.75, 3.05) is 13.1 Å². The zero-order valence-electron chi connectivity index (χ0n) is 12.2. The Morgan fingerprint density at radius 3 is 2.48 bits per heavy atom. The van der Waals surface area contributed by atoms with Crippen LogP contribution < -0.4 is 0 Å². The Labute approximate surface area is 126 Å². The van der Waals surface area contributed by atoms with Gasteiger partial charge in [-0.15, -0.1) is 0 Å². The van der Waals surface area contributed by atoms with Crippen molar-refractivity contribution < 1.29 is 4.79 Å². The van der Waals surface area contributed by atoms with E-state index in [-0.39, 0.29) is 5.91 Å². The molecule has 0 bridgehead atoms. The van der Waals surface area contributed by atoms with E-state index >= 15 is 0 Å². The van der Waals surface area contributed by atoms with Crippen LogP contribution in [0.15, 0.2) is 66.8 Å². The monoisotopic (exact) mass is 279 g/mol. The molecule has 0 N–H and O–H groups in total. The summed E-state index contributed by atoms with van der Waals surface area (Å²) in [5.41, 5.74) is 0.694. The topological polar surface area (TPSA) is 20.3 Å². The molecule has 0 radical (unpaired) electrons. The van der Waals surface area contributed by atoms with Crippen LogP contribution in [-0.2, 0) is 11.2 Å². The second-order valence-electron chi connectivity index (χ2n) is 5.75. The van der Waals surface area contributed by atoms with Crippen LogP contribution in [0, 0.1) is 5.41 Å². The summed E-state index contributed by atoms with van der Waals surface area (Å²) < 4.78 is 0. The first kappa shape index (κ1) is 13.9. The van der Waals surface area contributed by atoms with Crippen LogP contribution in [0.1, 0.15) is 18.4 Å². The number of amides is 1. The number of hydrogen-bond donors (Lipinski definition) is 0. The van der Waals surface area contributed by atoms with E-state index in [0.29, 0.717) is 0 Å². The maximum Gasteiger partial charge on any atom is 0.237 e. The van der Waals surface area contributed by atoms with Crippen molar-refractivity contribution in [1.82, 2.24) is 4.90 Å². The lowest BCUT2D eigenvalue weighted by atomic mass is 9.77. The predicted molar refractivity (Wildman–Crippen MR) is 85.8 cm³/mol. The molecule has 1 aliphatic heterocycles. The number of carbonyl (C=O) groups excluding carboxylic acids is 1. The molecular formula is C19H21NO. The summed E-state index contributed by atoms with van der Waals surface area (Å²) in [6, 6.07) is 10.3. The average Bonchev–Trinajstić information content (AvgIpc) is 2.57. The highest BCUT2D eigenvalue weighted by Gasteiger charge is 2.37. The number of nitrogens with zero attached hydrogens (tertiary/aromatic N) is 1. The molecule has 2 heteroatoms. The minimum atomic E-state index is -0.509. The van der Waals surface area contributed by atoms with Crippen LogP contribution in [0.25, 0.3) is 0 Å². The Balaban J connectivity index is 1.88. The zero-order valence-corrected chi connectivity index (χ0v) is 12.2. The van der Waals surface area contributed by atoms with Gasteiger partial charge in [0.05, 0.1) is 5.41 Å². The third-order valence-electron chi connectivity index (χ3n) is 4.19. The van der Waals surface area contributed by atoms with Gasteiger partial charge in [-0.3, -0.25) is 4.79 Å². The van der Waals surface area contributed by atoms with Gasteiger partial charge >= 0.3 is 0 Å². The molecule has 1 aromatic rings. The fourth-order valence-corrected chi connectivity index (χ4v) is 3.08. The highest BCUT2D eigenvalue weighted by molar-refractivity contribution is 5.87. The van der Waals surface area contributed by atoms with Crippen LogP contribution in [0.4, 0.5) is 0 Å². The maximum absolute atomic E-state index is 13.1. The molecule has 0 fully saturated rings. The predicted octanol–water partition coefficient (Wildman–Crippen LogP) is 3.52. The van der Waals surface area contributed by atoms with E-state index in [1.54, 1.807) is 0 Å². The maximum atomic E-state index is 13.1. The van der Waals surface area contributed by atoms with Crippen LogP contribution in [0.3, 0.4) is 0 Å². The van der Waals surface area contributed by atoms with Gasteiger partial charge < -0.3 is 4.90 Å². The van der Waals surface area contributed by atoms with Gasteiger partial charge in [0.1, 0.15) is 0 Å². The van der Waals surface area contributed by atoms with E-state index in [1.165, 1.54) is 5.56 Å². The summed E-state index contributed by atoms with van der Waals surface area (Å²) in [6.07, 6.45) is 15.3. The standard InChI is InChI=1S/C19H21NO/c21-18(20-14-8-3-9-15-20)19(12-6-2-7-13-19)16-17-10-4-1-5-11-17/h1,3-8,10-13H,2,9,14-16H2. The molecule has 1 aliphatic carbocycles.